The van der Waals surface area contributed by atoms with Crippen LogP contribution in [-0.2, 0) is 18.9 Å². The molecule has 9 nitrogen and oxygen atoms in total. The van der Waals surface area contributed by atoms with Crippen LogP contribution in [0.3, 0.4) is 0 Å². The number of amides is 1. The smallest absolute Gasteiger partial charge is 0.337 e. The fourth-order valence-electron chi connectivity index (χ4n) is 6.35. The molecule has 0 aliphatic heterocycles. The van der Waals surface area contributed by atoms with E-state index in [1.807, 2.05) is 81.5 Å². The third-order valence-corrected chi connectivity index (χ3v) is 10.1. The number of benzene rings is 3. The number of halogens is 3. The summed E-state index contributed by atoms with van der Waals surface area (Å²) in [6.07, 6.45) is 6.00. The molecule has 3 aromatic carbocycles. The Morgan fingerprint density at radius 1 is 0.960 bits per heavy atom. The predicted octanol–water partition coefficient (Wildman–Crippen LogP) is 9.03. The van der Waals surface area contributed by atoms with Gasteiger partial charge in [0, 0.05) is 77.3 Å². The second-order valence-electron chi connectivity index (χ2n) is 12.4. The summed E-state index contributed by atoms with van der Waals surface area (Å²) in [5.41, 5.74) is 9.77. The molecule has 1 amide bonds. The highest BCUT2D eigenvalue weighted by atomic mass is 35.5. The van der Waals surface area contributed by atoms with Crippen molar-refractivity contribution in [2.75, 3.05) is 25.0 Å². The van der Waals surface area contributed by atoms with Gasteiger partial charge >= 0.3 is 5.97 Å². The zero-order valence-corrected chi connectivity index (χ0v) is 31.1. The predicted molar refractivity (Wildman–Crippen MR) is 204 cm³/mol. The summed E-state index contributed by atoms with van der Waals surface area (Å²) < 4.78 is 9.97. The van der Waals surface area contributed by atoms with Crippen molar-refractivity contribution in [2.24, 2.45) is 14.1 Å². The monoisotopic (exact) mass is 735 g/mol. The zero-order valence-electron chi connectivity index (χ0n) is 28.9. The first-order valence-electron chi connectivity index (χ1n) is 16.2. The van der Waals surface area contributed by atoms with Gasteiger partial charge in [-0.25, -0.2) is 4.79 Å². The van der Waals surface area contributed by atoms with Crippen LogP contribution in [-0.4, -0.2) is 51.5 Å². The Hall–Kier alpha value is -4.44. The van der Waals surface area contributed by atoms with Gasteiger partial charge in [0.05, 0.1) is 33.6 Å². The number of nitrogens with zero attached hydrogens (tertiary/aromatic N) is 3. The number of rotatable bonds is 14. The zero-order chi connectivity index (χ0) is 36.3. The number of ether oxygens (including phenoxy) is 1. The van der Waals surface area contributed by atoms with Crippen molar-refractivity contribution in [1.82, 2.24) is 19.7 Å². The third kappa shape index (κ3) is 7.65. The summed E-state index contributed by atoms with van der Waals surface area (Å²) in [5.74, 6) is -0.343. The van der Waals surface area contributed by atoms with E-state index in [9.17, 15) is 14.7 Å². The Morgan fingerprint density at radius 3 is 2.32 bits per heavy atom. The average Bonchev–Trinajstić information content (AvgIpc) is 3.50. The number of nitrogens with one attached hydrogen (secondary N) is 2. The summed E-state index contributed by atoms with van der Waals surface area (Å²) in [6.45, 7) is 9.16. The summed E-state index contributed by atoms with van der Waals surface area (Å²) in [6, 6.07) is 11.1. The van der Waals surface area contributed by atoms with Crippen LogP contribution in [0.5, 0.6) is 5.75 Å². The Morgan fingerprint density at radius 2 is 1.68 bits per heavy atom. The molecule has 0 aliphatic carbocycles. The van der Waals surface area contributed by atoms with Gasteiger partial charge in [-0.3, -0.25) is 9.48 Å². The molecule has 50 heavy (non-hydrogen) atoms. The molecule has 0 radical (unpaired) electrons. The van der Waals surface area contributed by atoms with Gasteiger partial charge in [-0.15, -0.1) is 0 Å². The van der Waals surface area contributed by atoms with Crippen molar-refractivity contribution < 1.29 is 19.4 Å². The highest BCUT2D eigenvalue weighted by Gasteiger charge is 2.23. The Balaban J connectivity index is 1.66. The first-order valence-corrected chi connectivity index (χ1v) is 17.3. The maximum Gasteiger partial charge on any atom is 0.337 e. The summed E-state index contributed by atoms with van der Waals surface area (Å²) in [5, 5.41) is 23.0. The Bertz CT molecular complexity index is 2110. The SMILES string of the molecule is Cc1cc(OCCC/C(=C\c2cn(C)c3cc(Cl)c(C(=O)O)cc23)c2ccc(Cl)c(-c3c(C)nn(C)c3C)c2NCCNC=O)cc(C)c1Cl. The second-order valence-corrected chi connectivity index (χ2v) is 13.5. The van der Waals surface area contributed by atoms with E-state index in [0.717, 1.165) is 77.7 Å². The van der Waals surface area contributed by atoms with Crippen molar-refractivity contribution in [1.29, 1.82) is 0 Å². The summed E-state index contributed by atoms with van der Waals surface area (Å²) in [4.78, 5) is 23.1. The van der Waals surface area contributed by atoms with E-state index in [0.29, 0.717) is 44.0 Å². The number of hydrogen-bond acceptors (Lipinski definition) is 5. The molecule has 0 spiro atoms. The molecular weight excluding hydrogens is 697 g/mol. The number of allylic oxidation sites excluding steroid dienone is 1. The largest absolute Gasteiger partial charge is 0.494 e. The van der Waals surface area contributed by atoms with Crippen LogP contribution in [0, 0.1) is 27.7 Å². The van der Waals surface area contributed by atoms with Gasteiger partial charge in [0.1, 0.15) is 5.75 Å². The number of carbonyl (C=O) groups excluding carboxylic acids is 1. The standard InChI is InChI=1S/C38H40Cl3N5O4/c1-21-14-27(15-22(2)36(21)41)50-13-7-8-25(16-26-19-45(5)33-18-32(40)30(38(48)49)17-29(26)33)28-9-10-31(39)35(37(28)43-12-11-42-20-47)34-23(3)44-46(6)24(34)4/h9-10,14-20,43H,7-8,11-13H2,1-6H3,(H,42,47)(H,48,49)/b25-16+. The fourth-order valence-corrected chi connectivity index (χ4v) is 6.95. The molecule has 2 heterocycles. The van der Waals surface area contributed by atoms with E-state index < -0.39 is 5.97 Å². The fraction of sp³-hybridized carbons (Fsp3) is 0.289. The van der Waals surface area contributed by atoms with Gasteiger partial charge < -0.3 is 25.0 Å². The number of carbonyl (C=O) groups is 2. The van der Waals surface area contributed by atoms with E-state index in [2.05, 4.69) is 21.8 Å². The second kappa shape index (κ2) is 15.6. The van der Waals surface area contributed by atoms with Gasteiger partial charge in [-0.1, -0.05) is 40.9 Å². The maximum atomic E-state index is 12.0. The van der Waals surface area contributed by atoms with E-state index in [1.165, 1.54) is 0 Å². The van der Waals surface area contributed by atoms with Crippen LogP contribution in [0.1, 0.15) is 56.8 Å². The van der Waals surface area contributed by atoms with Gasteiger partial charge in [0.25, 0.3) is 0 Å². The quantitative estimate of drug-likeness (QED) is 0.0776. The van der Waals surface area contributed by atoms with Crippen molar-refractivity contribution in [3.63, 3.8) is 0 Å². The molecule has 0 saturated heterocycles. The molecule has 3 N–H and O–H groups in total. The van der Waals surface area contributed by atoms with Crippen molar-refractivity contribution in [3.8, 4) is 16.9 Å². The molecule has 0 saturated carbocycles. The van der Waals surface area contributed by atoms with E-state index in [4.69, 9.17) is 39.5 Å². The summed E-state index contributed by atoms with van der Waals surface area (Å²) in [7, 11) is 3.80. The highest BCUT2D eigenvalue weighted by Crippen LogP contribution is 2.44. The molecule has 5 aromatic rings. The topological polar surface area (TPSA) is 110 Å². The molecule has 0 fully saturated rings. The lowest BCUT2D eigenvalue weighted by Gasteiger charge is -2.21. The molecule has 0 aliphatic rings. The van der Waals surface area contributed by atoms with Gasteiger partial charge in [0.2, 0.25) is 6.41 Å². The summed E-state index contributed by atoms with van der Waals surface area (Å²) >= 11 is 19.8. The number of aryl methyl sites for hydroxylation is 5. The van der Waals surface area contributed by atoms with E-state index in [-0.39, 0.29) is 10.6 Å². The van der Waals surface area contributed by atoms with Gasteiger partial charge in [0.15, 0.2) is 0 Å². The lowest BCUT2D eigenvalue weighted by Crippen LogP contribution is -2.21. The van der Waals surface area contributed by atoms with Gasteiger partial charge in [-0.2, -0.15) is 5.10 Å². The number of carboxylic acid groups (broad SMARTS) is 1. The minimum Gasteiger partial charge on any atom is -0.494 e. The minimum atomic E-state index is -1.10. The lowest BCUT2D eigenvalue weighted by molar-refractivity contribution is -0.109. The molecule has 0 atom stereocenters. The van der Waals surface area contributed by atoms with E-state index >= 15 is 0 Å². The number of aromatic nitrogens is 3. The third-order valence-electron chi connectivity index (χ3n) is 8.85. The molecule has 5 rings (SSSR count). The number of hydrogen-bond donors (Lipinski definition) is 3. The van der Waals surface area contributed by atoms with Crippen molar-refractivity contribution in [2.45, 2.75) is 40.5 Å². The first-order chi connectivity index (χ1) is 23.8. The molecule has 0 bridgehead atoms. The van der Waals surface area contributed by atoms with Crippen LogP contribution in [0.15, 0.2) is 42.6 Å². The highest BCUT2D eigenvalue weighted by molar-refractivity contribution is 6.35. The van der Waals surface area contributed by atoms with Crippen LogP contribution in [0.4, 0.5) is 5.69 Å². The molecule has 262 valence electrons. The van der Waals surface area contributed by atoms with Crippen LogP contribution < -0.4 is 15.4 Å². The Kier molecular flexibility index (Phi) is 11.5. The normalized spacial score (nSPS) is 11.7. The molecule has 12 heteroatoms. The van der Waals surface area contributed by atoms with Crippen LogP contribution in [0.2, 0.25) is 15.1 Å². The van der Waals surface area contributed by atoms with Crippen LogP contribution in [0.25, 0.3) is 33.7 Å². The number of aromatic carboxylic acids is 1. The molecule has 2 aromatic heterocycles. The first kappa shape index (κ1) is 36.8. The lowest BCUT2D eigenvalue weighted by atomic mass is 9.91. The number of anilines is 1. The minimum absolute atomic E-state index is 0.0323. The van der Waals surface area contributed by atoms with Gasteiger partial charge in [-0.05, 0) is 93.6 Å². The van der Waals surface area contributed by atoms with E-state index in [1.54, 1.807) is 12.1 Å². The number of fused-ring (bicyclic) bond motifs is 1. The number of carboxylic acids is 1. The van der Waals surface area contributed by atoms with Crippen molar-refractivity contribution >= 4 is 75.4 Å². The average molecular weight is 737 g/mol. The molecular formula is C38H40Cl3N5O4. The molecule has 0 unspecified atom stereocenters. The maximum absolute atomic E-state index is 12.0. The van der Waals surface area contributed by atoms with Crippen LogP contribution >= 0.6 is 34.8 Å². The Labute approximate surface area is 306 Å². The van der Waals surface area contributed by atoms with Crippen molar-refractivity contribution in [3.05, 3.63) is 96.9 Å².